The van der Waals surface area contributed by atoms with Crippen LogP contribution in [0.25, 0.3) is 0 Å². The Morgan fingerprint density at radius 2 is 1.88 bits per heavy atom. The maximum Gasteiger partial charge on any atom is 0.435 e. The summed E-state index contributed by atoms with van der Waals surface area (Å²) in [7, 11) is 0. The topological polar surface area (TPSA) is 82.4 Å². The number of alkyl halides is 3. The van der Waals surface area contributed by atoms with Gasteiger partial charge in [0.05, 0.1) is 0 Å². The van der Waals surface area contributed by atoms with Crippen molar-refractivity contribution in [3.05, 3.63) is 46.4 Å². The SMILES string of the molecule is CC(C(=O)Nc1ccc2c(c1)OCCO2)n1nc(C(F)(F)F)ccc1=O. The van der Waals surface area contributed by atoms with Gasteiger partial charge in [0.2, 0.25) is 5.91 Å². The van der Waals surface area contributed by atoms with E-state index in [0.29, 0.717) is 41.1 Å². The molecule has 7 nitrogen and oxygen atoms in total. The maximum absolute atomic E-state index is 12.8. The molecule has 1 aromatic carbocycles. The molecular weight excluding hydrogens is 355 g/mol. The first kappa shape index (κ1) is 17.8. The smallest absolute Gasteiger partial charge is 0.435 e. The van der Waals surface area contributed by atoms with Gasteiger partial charge in [0.25, 0.3) is 5.56 Å². The first-order chi connectivity index (χ1) is 12.3. The summed E-state index contributed by atoms with van der Waals surface area (Å²) in [6.07, 6.45) is -4.72. The molecule has 1 amide bonds. The summed E-state index contributed by atoms with van der Waals surface area (Å²) in [6.45, 7) is 2.06. The number of halogens is 3. The Bertz CT molecular complexity index is 895. The quantitative estimate of drug-likeness (QED) is 0.897. The lowest BCUT2D eigenvalue weighted by atomic mass is 10.2. The standard InChI is InChI=1S/C16H14F3N3O4/c1-9(22-14(23)5-4-13(21-22)16(17,18)19)15(24)20-10-2-3-11-12(8-10)26-7-6-25-11/h2-5,8-9H,6-7H2,1H3,(H,20,24). The molecule has 1 aliphatic heterocycles. The van der Waals surface area contributed by atoms with Gasteiger partial charge in [-0.05, 0) is 25.1 Å². The zero-order chi connectivity index (χ0) is 18.9. The third-order valence-corrected chi connectivity index (χ3v) is 3.67. The van der Waals surface area contributed by atoms with Crippen molar-refractivity contribution in [3.8, 4) is 11.5 Å². The van der Waals surface area contributed by atoms with Crippen LogP contribution in [-0.4, -0.2) is 28.9 Å². The minimum Gasteiger partial charge on any atom is -0.486 e. The molecule has 0 radical (unpaired) electrons. The molecule has 2 heterocycles. The molecule has 0 bridgehead atoms. The molecular formula is C16H14F3N3O4. The van der Waals surface area contributed by atoms with Crippen LogP contribution in [0.1, 0.15) is 18.7 Å². The van der Waals surface area contributed by atoms with E-state index in [-0.39, 0.29) is 0 Å². The Balaban J connectivity index is 1.81. The Labute approximate surface area is 145 Å². The Morgan fingerprint density at radius 3 is 2.58 bits per heavy atom. The monoisotopic (exact) mass is 369 g/mol. The summed E-state index contributed by atoms with van der Waals surface area (Å²) in [5.74, 6) is 0.268. The van der Waals surface area contributed by atoms with Crippen LogP contribution in [-0.2, 0) is 11.0 Å². The fourth-order valence-corrected chi connectivity index (χ4v) is 2.33. The van der Waals surface area contributed by atoms with Gasteiger partial charge in [-0.25, -0.2) is 4.68 Å². The van der Waals surface area contributed by atoms with Crippen molar-refractivity contribution >= 4 is 11.6 Å². The van der Waals surface area contributed by atoms with E-state index < -0.39 is 29.4 Å². The third-order valence-electron chi connectivity index (χ3n) is 3.67. The highest BCUT2D eigenvalue weighted by Gasteiger charge is 2.34. The van der Waals surface area contributed by atoms with Crippen molar-refractivity contribution in [3.63, 3.8) is 0 Å². The number of hydrogen-bond donors (Lipinski definition) is 1. The number of aromatic nitrogens is 2. The van der Waals surface area contributed by atoms with Gasteiger partial charge in [0.1, 0.15) is 19.3 Å². The van der Waals surface area contributed by atoms with E-state index in [0.717, 1.165) is 6.07 Å². The average molecular weight is 369 g/mol. The van der Waals surface area contributed by atoms with Crippen molar-refractivity contribution in [1.29, 1.82) is 0 Å². The third kappa shape index (κ3) is 3.63. The molecule has 26 heavy (non-hydrogen) atoms. The molecule has 1 aliphatic rings. The van der Waals surface area contributed by atoms with Gasteiger partial charge in [-0.15, -0.1) is 0 Å². The fraction of sp³-hybridized carbons (Fsp3) is 0.312. The molecule has 1 atom stereocenters. The van der Waals surface area contributed by atoms with Crippen LogP contribution in [0.15, 0.2) is 35.1 Å². The molecule has 0 spiro atoms. The van der Waals surface area contributed by atoms with Gasteiger partial charge >= 0.3 is 6.18 Å². The summed E-state index contributed by atoms with van der Waals surface area (Å²) < 4.78 is 49.6. The van der Waals surface area contributed by atoms with Gasteiger partial charge in [0.15, 0.2) is 17.2 Å². The number of benzene rings is 1. The first-order valence-corrected chi connectivity index (χ1v) is 7.63. The minimum atomic E-state index is -4.72. The molecule has 1 N–H and O–H groups in total. The van der Waals surface area contributed by atoms with E-state index in [1.807, 2.05) is 0 Å². The highest BCUT2D eigenvalue weighted by Crippen LogP contribution is 2.32. The van der Waals surface area contributed by atoms with Gasteiger partial charge in [-0.1, -0.05) is 0 Å². The summed E-state index contributed by atoms with van der Waals surface area (Å²) >= 11 is 0. The van der Waals surface area contributed by atoms with E-state index in [1.54, 1.807) is 12.1 Å². The van der Waals surface area contributed by atoms with Crippen LogP contribution >= 0.6 is 0 Å². The van der Waals surface area contributed by atoms with Gasteiger partial charge < -0.3 is 14.8 Å². The van der Waals surface area contributed by atoms with Crippen molar-refractivity contribution < 1.29 is 27.4 Å². The van der Waals surface area contributed by atoms with Gasteiger partial charge in [-0.3, -0.25) is 9.59 Å². The summed E-state index contributed by atoms with van der Waals surface area (Å²) in [6, 6.07) is 4.73. The predicted molar refractivity (Wildman–Crippen MR) is 84.3 cm³/mol. The highest BCUT2D eigenvalue weighted by molar-refractivity contribution is 5.93. The Kier molecular flexibility index (Phi) is 4.58. The van der Waals surface area contributed by atoms with Gasteiger partial charge in [-0.2, -0.15) is 18.3 Å². The van der Waals surface area contributed by atoms with Gasteiger partial charge in [0, 0.05) is 17.8 Å². The summed E-state index contributed by atoms with van der Waals surface area (Å²) in [4.78, 5) is 24.1. The van der Waals surface area contributed by atoms with E-state index in [1.165, 1.54) is 13.0 Å². The molecule has 1 unspecified atom stereocenters. The molecule has 0 saturated carbocycles. The fourth-order valence-electron chi connectivity index (χ4n) is 2.33. The predicted octanol–water partition coefficient (Wildman–Crippen LogP) is 2.23. The lowest BCUT2D eigenvalue weighted by Gasteiger charge is -2.20. The van der Waals surface area contributed by atoms with Crippen LogP contribution in [0.3, 0.4) is 0 Å². The van der Waals surface area contributed by atoms with E-state index in [9.17, 15) is 22.8 Å². The second-order valence-corrected chi connectivity index (χ2v) is 5.52. The molecule has 2 aromatic rings. The minimum absolute atomic E-state index is 0.353. The van der Waals surface area contributed by atoms with Crippen LogP contribution < -0.4 is 20.3 Å². The number of amides is 1. The number of carbonyl (C=O) groups excluding carboxylic acids is 1. The average Bonchev–Trinajstić information content (AvgIpc) is 2.60. The van der Waals surface area contributed by atoms with Crippen LogP contribution in [0.2, 0.25) is 0 Å². The molecule has 0 saturated heterocycles. The van der Waals surface area contributed by atoms with Crippen LogP contribution in [0, 0.1) is 0 Å². The number of carbonyl (C=O) groups is 1. The highest BCUT2D eigenvalue weighted by atomic mass is 19.4. The molecule has 3 rings (SSSR count). The second-order valence-electron chi connectivity index (χ2n) is 5.52. The van der Waals surface area contributed by atoms with Crippen LogP contribution in [0.5, 0.6) is 11.5 Å². The zero-order valence-electron chi connectivity index (χ0n) is 13.5. The van der Waals surface area contributed by atoms with Crippen molar-refractivity contribution in [2.45, 2.75) is 19.1 Å². The summed E-state index contributed by atoms with van der Waals surface area (Å²) in [5.41, 5.74) is -1.72. The van der Waals surface area contributed by atoms with E-state index in [2.05, 4.69) is 10.4 Å². The lowest BCUT2D eigenvalue weighted by molar-refractivity contribution is -0.142. The number of nitrogens with zero attached hydrogens (tertiary/aromatic N) is 2. The second kappa shape index (κ2) is 6.70. The Hall–Kier alpha value is -3.04. The molecule has 138 valence electrons. The molecule has 0 fully saturated rings. The van der Waals surface area contributed by atoms with E-state index >= 15 is 0 Å². The normalized spacial score (nSPS) is 14.6. The number of ether oxygens (including phenoxy) is 2. The molecule has 0 aliphatic carbocycles. The van der Waals surface area contributed by atoms with Crippen molar-refractivity contribution in [2.24, 2.45) is 0 Å². The van der Waals surface area contributed by atoms with E-state index in [4.69, 9.17) is 9.47 Å². The number of fused-ring (bicyclic) bond motifs is 1. The number of hydrogen-bond acceptors (Lipinski definition) is 5. The first-order valence-electron chi connectivity index (χ1n) is 7.63. The number of nitrogens with one attached hydrogen (secondary N) is 1. The van der Waals surface area contributed by atoms with Crippen LogP contribution in [0.4, 0.5) is 18.9 Å². The number of rotatable bonds is 3. The largest absolute Gasteiger partial charge is 0.486 e. The zero-order valence-corrected chi connectivity index (χ0v) is 13.5. The molecule has 1 aromatic heterocycles. The number of anilines is 1. The Morgan fingerprint density at radius 1 is 1.19 bits per heavy atom. The summed E-state index contributed by atoms with van der Waals surface area (Å²) in [5, 5.41) is 5.77. The maximum atomic E-state index is 12.8. The molecule has 10 heteroatoms. The van der Waals surface area contributed by atoms with Crippen molar-refractivity contribution in [2.75, 3.05) is 18.5 Å². The van der Waals surface area contributed by atoms with Crippen molar-refractivity contribution in [1.82, 2.24) is 9.78 Å². The lowest BCUT2D eigenvalue weighted by Crippen LogP contribution is -2.34.